The summed E-state index contributed by atoms with van der Waals surface area (Å²) in [7, 11) is 2.22. The first-order valence-corrected chi connectivity index (χ1v) is 10.7. The van der Waals surface area contributed by atoms with Crippen LogP contribution in [0.4, 0.5) is 0 Å². The Kier molecular flexibility index (Phi) is 7.81. The SMILES string of the molecule is CCNC(=NCCC1CCN(C)CC1)N1CCC(Oc2ccccc2)CC1. The largest absolute Gasteiger partial charge is 0.490 e. The lowest BCUT2D eigenvalue weighted by Crippen LogP contribution is -2.47. The van der Waals surface area contributed by atoms with Crippen molar-refractivity contribution in [2.45, 2.75) is 45.1 Å². The van der Waals surface area contributed by atoms with E-state index in [-0.39, 0.29) is 0 Å². The van der Waals surface area contributed by atoms with E-state index in [2.05, 4.69) is 29.1 Å². The van der Waals surface area contributed by atoms with Crippen molar-refractivity contribution in [2.75, 3.05) is 46.3 Å². The van der Waals surface area contributed by atoms with Crippen molar-refractivity contribution in [3.63, 3.8) is 0 Å². The lowest BCUT2D eigenvalue weighted by atomic mass is 9.94. The molecule has 0 amide bonds. The lowest BCUT2D eigenvalue weighted by Gasteiger charge is -2.34. The summed E-state index contributed by atoms with van der Waals surface area (Å²) in [5.74, 6) is 2.91. The molecule has 2 fully saturated rings. The molecule has 0 atom stereocenters. The zero-order chi connectivity index (χ0) is 18.9. The molecule has 2 aliphatic heterocycles. The van der Waals surface area contributed by atoms with E-state index >= 15 is 0 Å². The summed E-state index contributed by atoms with van der Waals surface area (Å²) >= 11 is 0. The Hall–Kier alpha value is -1.75. The Morgan fingerprint density at radius 2 is 1.78 bits per heavy atom. The molecule has 0 spiro atoms. The highest BCUT2D eigenvalue weighted by atomic mass is 16.5. The fourth-order valence-electron chi connectivity index (χ4n) is 4.01. The van der Waals surface area contributed by atoms with Gasteiger partial charge in [0.05, 0.1) is 0 Å². The number of hydrogen-bond donors (Lipinski definition) is 1. The van der Waals surface area contributed by atoms with E-state index in [4.69, 9.17) is 9.73 Å². The first-order valence-electron chi connectivity index (χ1n) is 10.7. The van der Waals surface area contributed by atoms with E-state index in [9.17, 15) is 0 Å². The molecule has 0 bridgehead atoms. The maximum Gasteiger partial charge on any atom is 0.193 e. The number of likely N-dealkylation sites (tertiary alicyclic amines) is 2. The van der Waals surface area contributed by atoms with Crippen LogP contribution in [0.3, 0.4) is 0 Å². The Labute approximate surface area is 164 Å². The minimum atomic E-state index is 0.311. The third-order valence-electron chi connectivity index (χ3n) is 5.76. The molecule has 3 rings (SSSR count). The number of piperidine rings is 2. The van der Waals surface area contributed by atoms with Crippen molar-refractivity contribution >= 4 is 5.96 Å². The number of benzene rings is 1. The minimum Gasteiger partial charge on any atom is -0.490 e. The van der Waals surface area contributed by atoms with Gasteiger partial charge in [0.15, 0.2) is 5.96 Å². The number of ether oxygens (including phenoxy) is 1. The third kappa shape index (κ3) is 6.42. The van der Waals surface area contributed by atoms with Crippen LogP contribution in [0.25, 0.3) is 0 Å². The molecule has 0 aromatic heterocycles. The highest BCUT2D eigenvalue weighted by molar-refractivity contribution is 5.80. The van der Waals surface area contributed by atoms with Gasteiger partial charge in [0.25, 0.3) is 0 Å². The number of rotatable bonds is 6. The molecule has 0 aliphatic carbocycles. The van der Waals surface area contributed by atoms with Gasteiger partial charge in [-0.3, -0.25) is 4.99 Å². The summed E-state index contributed by atoms with van der Waals surface area (Å²) in [4.78, 5) is 9.78. The summed E-state index contributed by atoms with van der Waals surface area (Å²) < 4.78 is 6.12. The van der Waals surface area contributed by atoms with Gasteiger partial charge in [0.1, 0.15) is 11.9 Å². The van der Waals surface area contributed by atoms with Gasteiger partial charge in [0, 0.05) is 39.0 Å². The molecule has 2 aliphatic rings. The normalized spacial score (nSPS) is 20.7. The second-order valence-electron chi connectivity index (χ2n) is 7.89. The van der Waals surface area contributed by atoms with E-state index in [0.29, 0.717) is 6.10 Å². The smallest absolute Gasteiger partial charge is 0.193 e. The average molecular weight is 373 g/mol. The summed E-state index contributed by atoms with van der Waals surface area (Å²) in [5.41, 5.74) is 0. The summed E-state index contributed by atoms with van der Waals surface area (Å²) in [5, 5.41) is 3.49. The maximum atomic E-state index is 6.12. The van der Waals surface area contributed by atoms with Gasteiger partial charge in [-0.15, -0.1) is 0 Å². The Morgan fingerprint density at radius 3 is 2.44 bits per heavy atom. The van der Waals surface area contributed by atoms with E-state index in [1.54, 1.807) is 0 Å². The average Bonchev–Trinajstić information content (AvgIpc) is 2.70. The second kappa shape index (κ2) is 10.5. The van der Waals surface area contributed by atoms with Crippen LogP contribution in [0.2, 0.25) is 0 Å². The Balaban J connectivity index is 1.44. The van der Waals surface area contributed by atoms with E-state index in [1.165, 1.54) is 32.4 Å². The van der Waals surface area contributed by atoms with Crippen molar-refractivity contribution in [3.05, 3.63) is 30.3 Å². The quantitative estimate of drug-likeness (QED) is 0.615. The molecule has 27 heavy (non-hydrogen) atoms. The molecule has 1 aromatic carbocycles. The first-order chi connectivity index (χ1) is 13.2. The van der Waals surface area contributed by atoms with Gasteiger partial charge in [0.2, 0.25) is 0 Å². The van der Waals surface area contributed by atoms with Crippen molar-refractivity contribution in [1.82, 2.24) is 15.1 Å². The summed E-state index contributed by atoms with van der Waals surface area (Å²) in [6.45, 7) is 8.52. The molecule has 150 valence electrons. The monoisotopic (exact) mass is 372 g/mol. The first kappa shape index (κ1) is 20.0. The molecular formula is C22H36N4O. The predicted molar refractivity (Wildman–Crippen MR) is 112 cm³/mol. The van der Waals surface area contributed by atoms with Gasteiger partial charge in [-0.05, 0) is 64.4 Å². The highest BCUT2D eigenvalue weighted by Gasteiger charge is 2.23. The molecule has 0 radical (unpaired) electrons. The van der Waals surface area contributed by atoms with Crippen LogP contribution in [-0.2, 0) is 0 Å². The standard InChI is InChI=1S/C22H36N4O/c1-3-23-22(24-14-9-19-10-15-25(2)16-11-19)26-17-12-21(13-18-26)27-20-7-5-4-6-8-20/h4-8,19,21H,3,9-18H2,1-2H3,(H,23,24). The molecule has 0 saturated carbocycles. The van der Waals surface area contributed by atoms with E-state index in [0.717, 1.165) is 56.6 Å². The number of hydrogen-bond acceptors (Lipinski definition) is 3. The fourth-order valence-corrected chi connectivity index (χ4v) is 4.01. The summed E-state index contributed by atoms with van der Waals surface area (Å²) in [6, 6.07) is 10.2. The van der Waals surface area contributed by atoms with Gasteiger partial charge in [-0.2, -0.15) is 0 Å². The number of para-hydroxylation sites is 1. The zero-order valence-corrected chi connectivity index (χ0v) is 17.1. The maximum absolute atomic E-state index is 6.12. The van der Waals surface area contributed by atoms with Crippen LogP contribution >= 0.6 is 0 Å². The van der Waals surface area contributed by atoms with E-state index < -0.39 is 0 Å². The van der Waals surface area contributed by atoms with Crippen molar-refractivity contribution < 1.29 is 4.74 Å². The van der Waals surface area contributed by atoms with Crippen LogP contribution in [0, 0.1) is 5.92 Å². The fraction of sp³-hybridized carbons (Fsp3) is 0.682. The number of nitrogens with one attached hydrogen (secondary N) is 1. The zero-order valence-electron chi connectivity index (χ0n) is 17.1. The minimum absolute atomic E-state index is 0.311. The van der Waals surface area contributed by atoms with Crippen molar-refractivity contribution in [1.29, 1.82) is 0 Å². The molecule has 5 heteroatoms. The van der Waals surface area contributed by atoms with E-state index in [1.807, 2.05) is 30.3 Å². The lowest BCUT2D eigenvalue weighted by molar-refractivity contribution is 0.129. The van der Waals surface area contributed by atoms with Crippen molar-refractivity contribution in [3.8, 4) is 5.75 Å². The van der Waals surface area contributed by atoms with Crippen LogP contribution in [0.15, 0.2) is 35.3 Å². The molecule has 1 N–H and O–H groups in total. The second-order valence-corrected chi connectivity index (χ2v) is 7.89. The Morgan fingerprint density at radius 1 is 1.07 bits per heavy atom. The molecule has 2 saturated heterocycles. The van der Waals surface area contributed by atoms with Gasteiger partial charge >= 0.3 is 0 Å². The van der Waals surface area contributed by atoms with Crippen LogP contribution in [0.5, 0.6) is 5.75 Å². The molecule has 2 heterocycles. The van der Waals surface area contributed by atoms with Crippen LogP contribution in [0.1, 0.15) is 39.0 Å². The number of guanidine groups is 1. The number of aliphatic imine (C=N–C) groups is 1. The topological polar surface area (TPSA) is 40.1 Å². The van der Waals surface area contributed by atoms with Gasteiger partial charge in [-0.1, -0.05) is 18.2 Å². The molecule has 1 aromatic rings. The van der Waals surface area contributed by atoms with Gasteiger partial charge in [-0.25, -0.2) is 0 Å². The Bertz CT molecular complexity index is 561. The molecular weight excluding hydrogens is 336 g/mol. The molecule has 5 nitrogen and oxygen atoms in total. The van der Waals surface area contributed by atoms with Crippen LogP contribution < -0.4 is 10.1 Å². The number of nitrogens with zero attached hydrogens (tertiary/aromatic N) is 3. The highest BCUT2D eigenvalue weighted by Crippen LogP contribution is 2.20. The predicted octanol–water partition coefficient (Wildman–Crippen LogP) is 3.23. The summed E-state index contributed by atoms with van der Waals surface area (Å²) in [6.07, 6.45) is 6.28. The van der Waals surface area contributed by atoms with Crippen molar-refractivity contribution in [2.24, 2.45) is 10.9 Å². The third-order valence-corrected chi connectivity index (χ3v) is 5.76. The van der Waals surface area contributed by atoms with Gasteiger partial charge < -0.3 is 19.9 Å². The van der Waals surface area contributed by atoms with Crippen LogP contribution in [-0.4, -0.2) is 68.2 Å². The molecule has 0 unspecified atom stereocenters.